The Kier molecular flexibility index (Phi) is 3.22. The molecular formula is C11H13NO. The van der Waals surface area contributed by atoms with E-state index in [1.165, 1.54) is 0 Å². The number of benzene rings is 1. The summed E-state index contributed by atoms with van der Waals surface area (Å²) in [7, 11) is 1.64. The predicted octanol–water partition coefficient (Wildman–Crippen LogP) is 2.13. The Bertz CT molecular complexity index is 314. The third-order valence-corrected chi connectivity index (χ3v) is 1.73. The van der Waals surface area contributed by atoms with Crippen LogP contribution in [-0.2, 0) is 0 Å². The molecule has 1 aromatic rings. The van der Waals surface area contributed by atoms with Gasteiger partial charge in [-0.3, -0.25) is 0 Å². The van der Waals surface area contributed by atoms with E-state index < -0.39 is 0 Å². The number of rotatable bonds is 3. The Labute approximate surface area is 78.9 Å². The molecule has 68 valence electrons. The fourth-order valence-corrected chi connectivity index (χ4v) is 1.04. The van der Waals surface area contributed by atoms with Gasteiger partial charge < -0.3 is 10.1 Å². The number of anilines is 1. The van der Waals surface area contributed by atoms with Gasteiger partial charge in [0, 0.05) is 0 Å². The molecule has 13 heavy (non-hydrogen) atoms. The fraction of sp³-hybridized carbons (Fsp3) is 0.273. The largest absolute Gasteiger partial charge is 0.495 e. The molecule has 0 aliphatic rings. The molecule has 0 saturated carbocycles. The van der Waals surface area contributed by atoms with Gasteiger partial charge in [-0.1, -0.05) is 18.1 Å². The molecule has 1 aromatic carbocycles. The van der Waals surface area contributed by atoms with Crippen LogP contribution in [0.5, 0.6) is 5.75 Å². The Morgan fingerprint density at radius 3 is 2.77 bits per heavy atom. The van der Waals surface area contributed by atoms with E-state index in [-0.39, 0.29) is 6.04 Å². The van der Waals surface area contributed by atoms with Crippen LogP contribution in [-0.4, -0.2) is 13.2 Å². The zero-order chi connectivity index (χ0) is 9.68. The van der Waals surface area contributed by atoms with Crippen molar-refractivity contribution in [2.24, 2.45) is 0 Å². The first-order chi connectivity index (χ1) is 6.27. The third-order valence-electron chi connectivity index (χ3n) is 1.73. The minimum Gasteiger partial charge on any atom is -0.495 e. The summed E-state index contributed by atoms with van der Waals surface area (Å²) in [6.45, 7) is 1.92. The van der Waals surface area contributed by atoms with Crippen LogP contribution in [0, 0.1) is 12.3 Å². The van der Waals surface area contributed by atoms with Crippen LogP contribution in [0.1, 0.15) is 6.92 Å². The quantitative estimate of drug-likeness (QED) is 0.710. The van der Waals surface area contributed by atoms with E-state index in [1.807, 2.05) is 31.2 Å². The van der Waals surface area contributed by atoms with Crippen molar-refractivity contribution in [2.75, 3.05) is 12.4 Å². The number of para-hydroxylation sites is 2. The van der Waals surface area contributed by atoms with Gasteiger partial charge in [0.2, 0.25) is 0 Å². The van der Waals surface area contributed by atoms with Crippen molar-refractivity contribution >= 4 is 5.69 Å². The molecule has 2 heteroatoms. The van der Waals surface area contributed by atoms with Crippen molar-refractivity contribution < 1.29 is 4.74 Å². The summed E-state index contributed by atoms with van der Waals surface area (Å²) < 4.78 is 5.16. The molecule has 2 nitrogen and oxygen atoms in total. The first kappa shape index (κ1) is 9.47. The Balaban J connectivity index is 2.82. The molecule has 1 rings (SSSR count). The SMILES string of the molecule is C#C[C@@H](C)Nc1ccccc1OC. The van der Waals surface area contributed by atoms with Crippen molar-refractivity contribution in [2.45, 2.75) is 13.0 Å². The number of hydrogen-bond acceptors (Lipinski definition) is 2. The highest BCUT2D eigenvalue weighted by Crippen LogP contribution is 2.23. The Morgan fingerprint density at radius 2 is 2.15 bits per heavy atom. The standard InChI is InChI=1S/C11H13NO/c1-4-9(2)12-10-7-5-6-8-11(10)13-3/h1,5-9,12H,2-3H3/t9-/m1/s1. The number of methoxy groups -OCH3 is 1. The summed E-state index contributed by atoms with van der Waals surface area (Å²) >= 11 is 0. The van der Waals surface area contributed by atoms with Gasteiger partial charge in [0.25, 0.3) is 0 Å². The van der Waals surface area contributed by atoms with Gasteiger partial charge in [-0.25, -0.2) is 0 Å². The smallest absolute Gasteiger partial charge is 0.141 e. The minimum absolute atomic E-state index is 0.0105. The first-order valence-electron chi connectivity index (χ1n) is 4.13. The summed E-state index contributed by atoms with van der Waals surface area (Å²) in [6.07, 6.45) is 5.26. The molecule has 0 fully saturated rings. The van der Waals surface area contributed by atoms with Crippen LogP contribution >= 0.6 is 0 Å². The van der Waals surface area contributed by atoms with Gasteiger partial charge in [-0.15, -0.1) is 6.42 Å². The van der Waals surface area contributed by atoms with Crippen molar-refractivity contribution in [1.82, 2.24) is 0 Å². The van der Waals surface area contributed by atoms with Crippen LogP contribution in [0.2, 0.25) is 0 Å². The average Bonchev–Trinajstić information content (AvgIpc) is 2.18. The predicted molar refractivity (Wildman–Crippen MR) is 54.9 cm³/mol. The normalized spacial score (nSPS) is 11.5. The Morgan fingerprint density at radius 1 is 1.46 bits per heavy atom. The van der Waals surface area contributed by atoms with E-state index in [2.05, 4.69) is 11.2 Å². The maximum atomic E-state index is 5.26. The number of ether oxygens (including phenoxy) is 1. The lowest BCUT2D eigenvalue weighted by molar-refractivity contribution is 0.416. The van der Waals surface area contributed by atoms with E-state index >= 15 is 0 Å². The molecule has 0 unspecified atom stereocenters. The summed E-state index contributed by atoms with van der Waals surface area (Å²) in [5, 5.41) is 3.15. The minimum atomic E-state index is 0.0105. The summed E-state index contributed by atoms with van der Waals surface area (Å²) in [5.41, 5.74) is 0.926. The van der Waals surface area contributed by atoms with Gasteiger partial charge in [0.05, 0.1) is 18.8 Å². The lowest BCUT2D eigenvalue weighted by atomic mass is 10.2. The first-order valence-corrected chi connectivity index (χ1v) is 4.13. The highest BCUT2D eigenvalue weighted by atomic mass is 16.5. The highest BCUT2D eigenvalue weighted by molar-refractivity contribution is 5.57. The molecule has 0 aliphatic carbocycles. The molecule has 0 radical (unpaired) electrons. The topological polar surface area (TPSA) is 21.3 Å². The highest BCUT2D eigenvalue weighted by Gasteiger charge is 2.02. The average molecular weight is 175 g/mol. The lowest BCUT2D eigenvalue weighted by Gasteiger charge is -2.12. The fourth-order valence-electron chi connectivity index (χ4n) is 1.04. The molecule has 0 bridgehead atoms. The molecule has 0 amide bonds. The van der Waals surface area contributed by atoms with E-state index in [0.29, 0.717) is 0 Å². The van der Waals surface area contributed by atoms with Crippen molar-refractivity contribution in [1.29, 1.82) is 0 Å². The zero-order valence-electron chi connectivity index (χ0n) is 7.87. The molecule has 0 saturated heterocycles. The van der Waals surface area contributed by atoms with Crippen LogP contribution < -0.4 is 10.1 Å². The van der Waals surface area contributed by atoms with Crippen LogP contribution in [0.3, 0.4) is 0 Å². The summed E-state index contributed by atoms with van der Waals surface area (Å²) in [4.78, 5) is 0. The molecule has 0 spiro atoms. The van der Waals surface area contributed by atoms with Crippen LogP contribution in [0.4, 0.5) is 5.69 Å². The molecule has 0 aromatic heterocycles. The molecular weight excluding hydrogens is 162 g/mol. The second kappa shape index (κ2) is 4.42. The maximum absolute atomic E-state index is 5.26. The van der Waals surface area contributed by atoms with E-state index in [9.17, 15) is 0 Å². The molecule has 0 aliphatic heterocycles. The monoisotopic (exact) mass is 175 g/mol. The second-order valence-corrected chi connectivity index (χ2v) is 2.73. The summed E-state index contributed by atoms with van der Waals surface area (Å²) in [5.74, 6) is 3.41. The van der Waals surface area contributed by atoms with Crippen LogP contribution in [0.15, 0.2) is 24.3 Å². The van der Waals surface area contributed by atoms with Crippen molar-refractivity contribution in [3.63, 3.8) is 0 Å². The second-order valence-electron chi connectivity index (χ2n) is 2.73. The van der Waals surface area contributed by atoms with E-state index in [4.69, 9.17) is 11.2 Å². The van der Waals surface area contributed by atoms with Gasteiger partial charge >= 0.3 is 0 Å². The van der Waals surface area contributed by atoms with E-state index in [0.717, 1.165) is 11.4 Å². The van der Waals surface area contributed by atoms with Gasteiger partial charge in [0.1, 0.15) is 5.75 Å². The number of nitrogens with one attached hydrogen (secondary N) is 1. The van der Waals surface area contributed by atoms with Gasteiger partial charge in [0.15, 0.2) is 0 Å². The number of hydrogen-bond donors (Lipinski definition) is 1. The third kappa shape index (κ3) is 2.41. The zero-order valence-corrected chi connectivity index (χ0v) is 7.87. The molecule has 0 heterocycles. The van der Waals surface area contributed by atoms with Crippen molar-refractivity contribution in [3.05, 3.63) is 24.3 Å². The van der Waals surface area contributed by atoms with Gasteiger partial charge in [-0.2, -0.15) is 0 Å². The van der Waals surface area contributed by atoms with Crippen LogP contribution in [0.25, 0.3) is 0 Å². The van der Waals surface area contributed by atoms with E-state index in [1.54, 1.807) is 7.11 Å². The lowest BCUT2D eigenvalue weighted by Crippen LogP contribution is -2.12. The van der Waals surface area contributed by atoms with Crippen molar-refractivity contribution in [3.8, 4) is 18.1 Å². The van der Waals surface area contributed by atoms with Gasteiger partial charge in [-0.05, 0) is 19.1 Å². The summed E-state index contributed by atoms with van der Waals surface area (Å²) in [6, 6.07) is 7.70. The Hall–Kier alpha value is -1.62. The number of terminal acetylenes is 1. The maximum Gasteiger partial charge on any atom is 0.141 e. The molecule has 1 atom stereocenters. The molecule has 1 N–H and O–H groups in total.